The van der Waals surface area contributed by atoms with Crippen LogP contribution in [0.3, 0.4) is 0 Å². The van der Waals surface area contributed by atoms with Crippen molar-refractivity contribution in [2.75, 3.05) is 14.2 Å². The summed E-state index contributed by atoms with van der Waals surface area (Å²) in [5.41, 5.74) is 2.36. The summed E-state index contributed by atoms with van der Waals surface area (Å²) < 4.78 is 10.7. The van der Waals surface area contributed by atoms with E-state index in [4.69, 9.17) is 9.47 Å². The molecule has 0 saturated heterocycles. The summed E-state index contributed by atoms with van der Waals surface area (Å²) in [6.07, 6.45) is 1.04. The second-order valence-corrected chi connectivity index (χ2v) is 6.36. The molecule has 1 atom stereocenters. The number of guanidine groups is 1. The summed E-state index contributed by atoms with van der Waals surface area (Å²) in [6, 6.07) is 12.1. The van der Waals surface area contributed by atoms with Crippen molar-refractivity contribution in [3.63, 3.8) is 0 Å². The molecule has 0 saturated carbocycles. The standard InChI is InChI=1S/C21H23N3O4/c1-4-13-5-7-14(8-6-13)20(26)24-21-22-17(12-19(25)23-21)16-11-15(27-2)9-10-18(16)28-3/h5-11,17H,4,12H2,1-3H3,(H2,22,23,24,25,26)/t17-/m0/s1. The number of aryl methyl sites for hydroxylation is 1. The maximum atomic E-state index is 12.5. The molecule has 1 heterocycles. The van der Waals surface area contributed by atoms with Gasteiger partial charge in [0, 0.05) is 11.1 Å². The van der Waals surface area contributed by atoms with E-state index in [0.717, 1.165) is 17.5 Å². The minimum absolute atomic E-state index is 0.121. The first-order chi connectivity index (χ1) is 13.5. The number of hydrogen-bond donors (Lipinski definition) is 2. The van der Waals surface area contributed by atoms with E-state index in [1.54, 1.807) is 44.6 Å². The van der Waals surface area contributed by atoms with Crippen molar-refractivity contribution in [2.24, 2.45) is 4.99 Å². The molecule has 0 aromatic heterocycles. The fourth-order valence-corrected chi connectivity index (χ4v) is 3.01. The zero-order chi connectivity index (χ0) is 20.1. The van der Waals surface area contributed by atoms with E-state index in [2.05, 4.69) is 15.6 Å². The molecule has 0 fully saturated rings. The molecule has 1 aliphatic rings. The number of benzene rings is 2. The quantitative estimate of drug-likeness (QED) is 0.833. The Morgan fingerprint density at radius 3 is 2.57 bits per heavy atom. The highest BCUT2D eigenvalue weighted by molar-refractivity contribution is 6.10. The maximum Gasteiger partial charge on any atom is 0.257 e. The topological polar surface area (TPSA) is 89.0 Å². The Hall–Kier alpha value is -3.35. The van der Waals surface area contributed by atoms with Gasteiger partial charge in [0.05, 0.1) is 26.7 Å². The van der Waals surface area contributed by atoms with Crippen LogP contribution in [-0.4, -0.2) is 32.0 Å². The van der Waals surface area contributed by atoms with Crippen molar-refractivity contribution in [1.82, 2.24) is 10.6 Å². The molecule has 2 aromatic rings. The van der Waals surface area contributed by atoms with Crippen LogP contribution in [0.15, 0.2) is 47.5 Å². The highest BCUT2D eigenvalue weighted by Gasteiger charge is 2.26. The van der Waals surface area contributed by atoms with Crippen molar-refractivity contribution in [1.29, 1.82) is 0 Å². The van der Waals surface area contributed by atoms with Gasteiger partial charge in [-0.3, -0.25) is 20.2 Å². The lowest BCUT2D eigenvalue weighted by Crippen LogP contribution is -2.47. The summed E-state index contributed by atoms with van der Waals surface area (Å²) in [7, 11) is 3.12. The summed E-state index contributed by atoms with van der Waals surface area (Å²) in [5, 5.41) is 5.29. The third-order valence-corrected chi connectivity index (χ3v) is 4.57. The minimum Gasteiger partial charge on any atom is -0.497 e. The number of amides is 2. The summed E-state index contributed by atoms with van der Waals surface area (Å²) >= 11 is 0. The first-order valence-electron chi connectivity index (χ1n) is 9.04. The summed E-state index contributed by atoms with van der Waals surface area (Å²) in [4.78, 5) is 29.2. The molecule has 0 unspecified atom stereocenters. The zero-order valence-corrected chi connectivity index (χ0v) is 16.1. The SMILES string of the molecule is CCc1ccc(C(=O)NC2=N[C@H](c3cc(OC)ccc3OC)CC(=O)N2)cc1. The van der Waals surface area contributed by atoms with Crippen LogP contribution in [0.25, 0.3) is 0 Å². The second kappa shape index (κ2) is 8.56. The molecule has 28 heavy (non-hydrogen) atoms. The Kier molecular flexibility index (Phi) is 5.93. The molecule has 1 aliphatic heterocycles. The lowest BCUT2D eigenvalue weighted by molar-refractivity contribution is -0.120. The predicted molar refractivity (Wildman–Crippen MR) is 106 cm³/mol. The van der Waals surface area contributed by atoms with E-state index < -0.39 is 6.04 Å². The van der Waals surface area contributed by atoms with Crippen LogP contribution in [0, 0.1) is 0 Å². The van der Waals surface area contributed by atoms with Crippen molar-refractivity contribution in [3.8, 4) is 11.5 Å². The Bertz CT molecular complexity index is 906. The molecule has 3 rings (SSSR count). The van der Waals surface area contributed by atoms with Gasteiger partial charge in [0.1, 0.15) is 11.5 Å². The fraction of sp³-hybridized carbons (Fsp3) is 0.286. The van der Waals surface area contributed by atoms with Crippen LogP contribution in [0.5, 0.6) is 11.5 Å². The van der Waals surface area contributed by atoms with Gasteiger partial charge < -0.3 is 9.47 Å². The van der Waals surface area contributed by atoms with E-state index >= 15 is 0 Å². The van der Waals surface area contributed by atoms with Gasteiger partial charge in [0.25, 0.3) is 5.91 Å². The monoisotopic (exact) mass is 381 g/mol. The molecule has 7 heteroatoms. The molecule has 2 N–H and O–H groups in total. The van der Waals surface area contributed by atoms with Crippen LogP contribution >= 0.6 is 0 Å². The number of carbonyl (C=O) groups excluding carboxylic acids is 2. The van der Waals surface area contributed by atoms with Crippen molar-refractivity contribution in [2.45, 2.75) is 25.8 Å². The average molecular weight is 381 g/mol. The summed E-state index contributed by atoms with van der Waals surface area (Å²) in [6.45, 7) is 2.05. The molecule has 0 bridgehead atoms. The fourth-order valence-electron chi connectivity index (χ4n) is 3.01. The molecule has 0 aliphatic carbocycles. The van der Waals surface area contributed by atoms with Gasteiger partial charge in [0.15, 0.2) is 0 Å². The number of nitrogens with zero attached hydrogens (tertiary/aromatic N) is 1. The number of ether oxygens (including phenoxy) is 2. The van der Waals surface area contributed by atoms with Gasteiger partial charge in [-0.1, -0.05) is 19.1 Å². The normalized spacial score (nSPS) is 16.0. The first kappa shape index (κ1) is 19.4. The molecule has 0 radical (unpaired) electrons. The highest BCUT2D eigenvalue weighted by atomic mass is 16.5. The number of hydrogen-bond acceptors (Lipinski definition) is 5. The van der Waals surface area contributed by atoms with Crippen molar-refractivity contribution >= 4 is 17.8 Å². The molecule has 146 valence electrons. The molecule has 2 aromatic carbocycles. The molecule has 2 amide bonds. The van der Waals surface area contributed by atoms with Gasteiger partial charge in [-0.25, -0.2) is 4.99 Å². The van der Waals surface area contributed by atoms with Crippen LogP contribution in [0.1, 0.15) is 40.9 Å². The number of carbonyl (C=O) groups is 2. The molecule has 0 spiro atoms. The zero-order valence-electron chi connectivity index (χ0n) is 16.1. The van der Waals surface area contributed by atoms with Gasteiger partial charge in [-0.05, 0) is 42.3 Å². The Morgan fingerprint density at radius 1 is 1.18 bits per heavy atom. The lowest BCUT2D eigenvalue weighted by Gasteiger charge is -2.23. The smallest absolute Gasteiger partial charge is 0.257 e. The van der Waals surface area contributed by atoms with E-state index in [1.165, 1.54) is 0 Å². The van der Waals surface area contributed by atoms with Crippen LogP contribution in [0.4, 0.5) is 0 Å². The van der Waals surface area contributed by atoms with Crippen LogP contribution in [0.2, 0.25) is 0 Å². The van der Waals surface area contributed by atoms with Gasteiger partial charge in [-0.15, -0.1) is 0 Å². The van der Waals surface area contributed by atoms with Gasteiger partial charge >= 0.3 is 0 Å². The Morgan fingerprint density at radius 2 is 1.93 bits per heavy atom. The van der Waals surface area contributed by atoms with E-state index in [9.17, 15) is 9.59 Å². The largest absolute Gasteiger partial charge is 0.497 e. The number of aliphatic imine (C=N–C) groups is 1. The van der Waals surface area contributed by atoms with Gasteiger partial charge in [-0.2, -0.15) is 0 Å². The van der Waals surface area contributed by atoms with Crippen molar-refractivity contribution < 1.29 is 19.1 Å². The number of nitrogens with one attached hydrogen (secondary N) is 2. The van der Waals surface area contributed by atoms with E-state index in [0.29, 0.717) is 17.1 Å². The van der Waals surface area contributed by atoms with Crippen molar-refractivity contribution in [3.05, 3.63) is 59.2 Å². The predicted octanol–water partition coefficient (Wildman–Crippen LogP) is 2.61. The lowest BCUT2D eigenvalue weighted by atomic mass is 10.0. The van der Waals surface area contributed by atoms with E-state index in [-0.39, 0.29) is 24.2 Å². The maximum absolute atomic E-state index is 12.5. The number of rotatable bonds is 5. The molecule has 7 nitrogen and oxygen atoms in total. The Balaban J connectivity index is 1.84. The third-order valence-electron chi connectivity index (χ3n) is 4.57. The molecular formula is C21H23N3O4. The van der Waals surface area contributed by atoms with Crippen LogP contribution in [-0.2, 0) is 11.2 Å². The van der Waals surface area contributed by atoms with Gasteiger partial charge in [0.2, 0.25) is 11.9 Å². The summed E-state index contributed by atoms with van der Waals surface area (Å²) in [5.74, 6) is 0.792. The Labute approximate surface area is 163 Å². The van der Waals surface area contributed by atoms with E-state index in [1.807, 2.05) is 19.1 Å². The minimum atomic E-state index is -0.489. The molecular weight excluding hydrogens is 358 g/mol. The average Bonchev–Trinajstić information content (AvgIpc) is 2.72. The first-order valence-corrected chi connectivity index (χ1v) is 9.04. The third kappa shape index (κ3) is 4.31. The second-order valence-electron chi connectivity index (χ2n) is 6.36. The van der Waals surface area contributed by atoms with Crippen LogP contribution < -0.4 is 20.1 Å². The number of methoxy groups -OCH3 is 2. The highest BCUT2D eigenvalue weighted by Crippen LogP contribution is 2.34.